The number of benzene rings is 1. The van der Waals surface area contributed by atoms with Gasteiger partial charge in [-0.3, -0.25) is 0 Å². The van der Waals surface area contributed by atoms with Gasteiger partial charge in [-0.15, -0.1) is 0 Å². The molecule has 1 saturated carbocycles. The molecule has 0 heterocycles. The highest BCUT2D eigenvalue weighted by atomic mass is 14.7. The van der Waals surface area contributed by atoms with Crippen molar-refractivity contribution >= 4 is 0 Å². The summed E-state index contributed by atoms with van der Waals surface area (Å²) in [5, 5.41) is 0. The van der Waals surface area contributed by atoms with Gasteiger partial charge in [0.15, 0.2) is 0 Å². The molecule has 1 aromatic carbocycles. The lowest BCUT2D eigenvalue weighted by atomic mass is 9.67. The van der Waals surface area contributed by atoms with E-state index >= 15 is 0 Å². The van der Waals surface area contributed by atoms with Gasteiger partial charge >= 0.3 is 0 Å². The third kappa shape index (κ3) is 3.34. The van der Waals surface area contributed by atoms with Crippen molar-refractivity contribution in [3.63, 3.8) is 0 Å². The standard InChI is InChI=1S/C20H33N/c1-5-15-13-16(6-2)18(17(7-3)14-15)19(21)20(4)11-9-8-10-12-20/h13-14,19H,5-12,21H2,1-4H3. The Morgan fingerprint density at radius 3 is 1.90 bits per heavy atom. The average Bonchev–Trinajstić information content (AvgIpc) is 2.53. The zero-order valence-corrected chi connectivity index (χ0v) is 14.5. The highest BCUT2D eigenvalue weighted by Gasteiger charge is 2.35. The largest absolute Gasteiger partial charge is 0.323 e. The lowest BCUT2D eigenvalue weighted by Gasteiger charge is -2.40. The van der Waals surface area contributed by atoms with Gasteiger partial charge in [-0.2, -0.15) is 0 Å². The van der Waals surface area contributed by atoms with E-state index in [2.05, 4.69) is 39.8 Å². The minimum absolute atomic E-state index is 0.202. The average molecular weight is 287 g/mol. The molecule has 1 unspecified atom stereocenters. The molecule has 2 rings (SSSR count). The molecule has 0 radical (unpaired) electrons. The van der Waals surface area contributed by atoms with Crippen molar-refractivity contribution in [2.24, 2.45) is 11.1 Å². The molecule has 1 heteroatoms. The predicted molar refractivity (Wildman–Crippen MR) is 92.7 cm³/mol. The fraction of sp³-hybridized carbons (Fsp3) is 0.700. The zero-order valence-electron chi connectivity index (χ0n) is 14.5. The van der Waals surface area contributed by atoms with Crippen LogP contribution >= 0.6 is 0 Å². The van der Waals surface area contributed by atoms with Gasteiger partial charge in [-0.1, -0.05) is 59.1 Å². The van der Waals surface area contributed by atoms with E-state index in [1.165, 1.54) is 54.4 Å². The van der Waals surface area contributed by atoms with Gasteiger partial charge in [0.2, 0.25) is 0 Å². The first kappa shape index (κ1) is 16.5. The molecule has 1 nitrogen and oxygen atoms in total. The maximum absolute atomic E-state index is 6.85. The van der Waals surface area contributed by atoms with Crippen molar-refractivity contribution in [3.05, 3.63) is 34.4 Å². The maximum atomic E-state index is 6.85. The van der Waals surface area contributed by atoms with Crippen LogP contribution in [-0.2, 0) is 19.3 Å². The van der Waals surface area contributed by atoms with Crippen molar-refractivity contribution in [1.29, 1.82) is 0 Å². The lowest BCUT2D eigenvalue weighted by molar-refractivity contribution is 0.169. The van der Waals surface area contributed by atoms with Crippen LogP contribution in [0, 0.1) is 5.41 Å². The Morgan fingerprint density at radius 2 is 1.48 bits per heavy atom. The molecule has 0 amide bonds. The summed E-state index contributed by atoms with van der Waals surface area (Å²) >= 11 is 0. The van der Waals surface area contributed by atoms with Crippen molar-refractivity contribution in [2.45, 2.75) is 85.1 Å². The molecule has 2 N–H and O–H groups in total. The van der Waals surface area contributed by atoms with Crippen LogP contribution in [0.15, 0.2) is 12.1 Å². The fourth-order valence-electron chi connectivity index (χ4n) is 4.06. The molecule has 1 aliphatic carbocycles. The van der Waals surface area contributed by atoms with Crippen molar-refractivity contribution in [1.82, 2.24) is 0 Å². The Morgan fingerprint density at radius 1 is 0.952 bits per heavy atom. The minimum Gasteiger partial charge on any atom is -0.323 e. The van der Waals surface area contributed by atoms with Gasteiger partial charge in [0, 0.05) is 6.04 Å². The minimum atomic E-state index is 0.202. The molecule has 1 fully saturated rings. The number of nitrogens with two attached hydrogens (primary N) is 1. The first-order chi connectivity index (χ1) is 10.1. The van der Waals surface area contributed by atoms with E-state index in [4.69, 9.17) is 5.73 Å². The Hall–Kier alpha value is -0.820. The Labute approximate surface area is 131 Å². The molecule has 21 heavy (non-hydrogen) atoms. The molecule has 1 aliphatic rings. The molecule has 1 atom stereocenters. The molecule has 1 aromatic rings. The Bertz CT molecular complexity index is 444. The van der Waals surface area contributed by atoms with E-state index in [-0.39, 0.29) is 6.04 Å². The quantitative estimate of drug-likeness (QED) is 0.776. The van der Waals surface area contributed by atoms with E-state index in [1.807, 2.05) is 0 Å². The second-order valence-electron chi connectivity index (χ2n) is 7.08. The summed E-state index contributed by atoms with van der Waals surface area (Å²) in [5.41, 5.74) is 13.1. The molecule has 0 aliphatic heterocycles. The highest BCUT2D eigenvalue weighted by Crippen LogP contribution is 2.46. The molecular formula is C20H33N. The molecule has 0 aromatic heterocycles. The van der Waals surface area contributed by atoms with Crippen molar-refractivity contribution < 1.29 is 0 Å². The first-order valence-electron chi connectivity index (χ1n) is 8.95. The first-order valence-corrected chi connectivity index (χ1v) is 8.95. The second kappa shape index (κ2) is 6.96. The van der Waals surface area contributed by atoms with E-state index < -0.39 is 0 Å². The van der Waals surface area contributed by atoms with Crippen LogP contribution in [-0.4, -0.2) is 0 Å². The monoisotopic (exact) mass is 287 g/mol. The Balaban J connectivity index is 2.45. The van der Waals surface area contributed by atoms with E-state index in [1.54, 1.807) is 0 Å². The van der Waals surface area contributed by atoms with E-state index in [9.17, 15) is 0 Å². The summed E-state index contributed by atoms with van der Waals surface area (Å²) < 4.78 is 0. The number of aryl methyl sites for hydroxylation is 3. The van der Waals surface area contributed by atoms with Crippen LogP contribution in [0.4, 0.5) is 0 Å². The summed E-state index contributed by atoms with van der Waals surface area (Å²) in [6, 6.07) is 5.01. The van der Waals surface area contributed by atoms with Gasteiger partial charge in [0.1, 0.15) is 0 Å². The smallest absolute Gasteiger partial charge is 0.0354 e. The number of hydrogen-bond acceptors (Lipinski definition) is 1. The van der Waals surface area contributed by atoms with Gasteiger partial charge in [0.25, 0.3) is 0 Å². The third-order valence-corrected chi connectivity index (χ3v) is 5.64. The number of rotatable bonds is 5. The van der Waals surface area contributed by atoms with E-state index in [0.717, 1.165) is 19.3 Å². The molecule has 0 saturated heterocycles. The normalized spacial score (nSPS) is 19.5. The van der Waals surface area contributed by atoms with Gasteiger partial charge < -0.3 is 5.73 Å². The highest BCUT2D eigenvalue weighted by molar-refractivity contribution is 5.42. The topological polar surface area (TPSA) is 26.0 Å². The molecular weight excluding hydrogens is 254 g/mol. The van der Waals surface area contributed by atoms with Crippen LogP contribution < -0.4 is 5.73 Å². The molecule has 0 bridgehead atoms. The van der Waals surface area contributed by atoms with Crippen LogP contribution in [0.3, 0.4) is 0 Å². The van der Waals surface area contributed by atoms with Crippen molar-refractivity contribution in [3.8, 4) is 0 Å². The summed E-state index contributed by atoms with van der Waals surface area (Å²) in [5.74, 6) is 0. The van der Waals surface area contributed by atoms with Crippen LogP contribution in [0.25, 0.3) is 0 Å². The van der Waals surface area contributed by atoms with Crippen molar-refractivity contribution in [2.75, 3.05) is 0 Å². The molecule has 118 valence electrons. The van der Waals surface area contributed by atoms with Crippen LogP contribution in [0.2, 0.25) is 0 Å². The van der Waals surface area contributed by atoms with Crippen LogP contribution in [0.5, 0.6) is 0 Å². The lowest BCUT2D eigenvalue weighted by Crippen LogP contribution is -2.35. The zero-order chi connectivity index (χ0) is 15.5. The van der Waals surface area contributed by atoms with Gasteiger partial charge in [-0.05, 0) is 59.8 Å². The third-order valence-electron chi connectivity index (χ3n) is 5.64. The van der Waals surface area contributed by atoms with E-state index in [0.29, 0.717) is 5.41 Å². The molecule has 0 spiro atoms. The predicted octanol–water partition coefficient (Wildman–Crippen LogP) is 5.34. The summed E-state index contributed by atoms with van der Waals surface area (Å²) in [7, 11) is 0. The van der Waals surface area contributed by atoms with Gasteiger partial charge in [0.05, 0.1) is 0 Å². The van der Waals surface area contributed by atoms with Gasteiger partial charge in [-0.25, -0.2) is 0 Å². The maximum Gasteiger partial charge on any atom is 0.0354 e. The summed E-state index contributed by atoms with van der Waals surface area (Å²) in [6.07, 6.45) is 9.97. The number of hydrogen-bond donors (Lipinski definition) is 1. The van der Waals surface area contributed by atoms with Crippen LogP contribution in [0.1, 0.15) is 88.1 Å². The second-order valence-corrected chi connectivity index (χ2v) is 7.08. The SMILES string of the molecule is CCc1cc(CC)c(C(N)C2(C)CCCCC2)c(CC)c1. The fourth-order valence-corrected chi connectivity index (χ4v) is 4.06. The Kier molecular flexibility index (Phi) is 5.48. The summed E-state index contributed by atoms with van der Waals surface area (Å²) in [4.78, 5) is 0. The summed E-state index contributed by atoms with van der Waals surface area (Å²) in [6.45, 7) is 9.21.